The first kappa shape index (κ1) is 11.7. The van der Waals surface area contributed by atoms with Gasteiger partial charge in [0.15, 0.2) is 5.78 Å². The molecule has 0 aliphatic heterocycles. The minimum absolute atomic E-state index is 0.0459. The van der Waals surface area contributed by atoms with Crippen LogP contribution in [0, 0.1) is 0 Å². The van der Waals surface area contributed by atoms with Gasteiger partial charge in [0, 0.05) is 10.0 Å². The lowest BCUT2D eigenvalue weighted by Crippen LogP contribution is -2.09. The van der Waals surface area contributed by atoms with Crippen molar-refractivity contribution in [3.63, 3.8) is 0 Å². The van der Waals surface area contributed by atoms with E-state index in [1.54, 1.807) is 26.2 Å². The number of halogens is 2. The second-order valence-electron chi connectivity index (χ2n) is 2.86. The molecule has 0 N–H and O–H groups in total. The van der Waals surface area contributed by atoms with E-state index in [4.69, 9.17) is 4.74 Å². The number of Topliss-reactive ketones (excluding diaryl/α,β-unsaturated/α-hetero) is 1. The number of hydrogen-bond donors (Lipinski definition) is 0. The van der Waals surface area contributed by atoms with Gasteiger partial charge in [-0.3, -0.25) is 4.79 Å². The molecule has 76 valence electrons. The highest BCUT2D eigenvalue weighted by molar-refractivity contribution is 9.10. The molecule has 0 aromatic heterocycles. The normalized spacial score (nSPS) is 12.3. The fourth-order valence-corrected chi connectivity index (χ4v) is 1.79. The van der Waals surface area contributed by atoms with E-state index in [-0.39, 0.29) is 10.6 Å². The van der Waals surface area contributed by atoms with Gasteiger partial charge in [-0.05, 0) is 25.1 Å². The Morgan fingerprint density at radius 1 is 1.43 bits per heavy atom. The number of carbonyl (C=O) groups is 1. The van der Waals surface area contributed by atoms with Crippen LogP contribution in [0.2, 0.25) is 0 Å². The number of alkyl halides is 1. The lowest BCUT2D eigenvalue weighted by molar-refractivity contribution is 0.0995. The van der Waals surface area contributed by atoms with Crippen molar-refractivity contribution in [1.29, 1.82) is 0 Å². The van der Waals surface area contributed by atoms with Gasteiger partial charge >= 0.3 is 0 Å². The van der Waals surface area contributed by atoms with Crippen LogP contribution < -0.4 is 4.74 Å². The molecule has 1 rings (SSSR count). The van der Waals surface area contributed by atoms with E-state index in [2.05, 4.69) is 31.9 Å². The molecule has 0 fully saturated rings. The summed E-state index contributed by atoms with van der Waals surface area (Å²) in [7, 11) is 1.58. The lowest BCUT2D eigenvalue weighted by atomic mass is 10.1. The second kappa shape index (κ2) is 4.94. The van der Waals surface area contributed by atoms with Crippen LogP contribution in [-0.2, 0) is 0 Å². The van der Waals surface area contributed by atoms with Crippen molar-refractivity contribution < 1.29 is 9.53 Å². The molecule has 1 aromatic rings. The number of rotatable bonds is 3. The Morgan fingerprint density at radius 2 is 2.07 bits per heavy atom. The zero-order valence-corrected chi connectivity index (χ0v) is 11.1. The second-order valence-corrected chi connectivity index (χ2v) is 5.15. The first-order chi connectivity index (χ1) is 6.54. The third-order valence-corrected chi connectivity index (χ3v) is 2.63. The minimum atomic E-state index is -0.179. The summed E-state index contributed by atoms with van der Waals surface area (Å²) in [5.41, 5.74) is 0.639. The van der Waals surface area contributed by atoms with Crippen molar-refractivity contribution in [2.24, 2.45) is 0 Å². The summed E-state index contributed by atoms with van der Waals surface area (Å²) in [6, 6.07) is 5.32. The standard InChI is InChI=1S/C10H10Br2O2/c1-6(11)10(13)7-3-8(12)5-9(4-7)14-2/h3-6H,1-2H3. The van der Waals surface area contributed by atoms with Crippen LogP contribution in [0.4, 0.5) is 0 Å². The fourth-order valence-electron chi connectivity index (χ4n) is 1.05. The molecule has 0 saturated carbocycles. The predicted octanol–water partition coefficient (Wildman–Crippen LogP) is 3.42. The van der Waals surface area contributed by atoms with Gasteiger partial charge < -0.3 is 4.74 Å². The van der Waals surface area contributed by atoms with E-state index in [0.717, 1.165) is 4.47 Å². The van der Waals surface area contributed by atoms with E-state index in [9.17, 15) is 4.79 Å². The van der Waals surface area contributed by atoms with Crippen LogP contribution in [0.3, 0.4) is 0 Å². The largest absolute Gasteiger partial charge is 0.497 e. The number of methoxy groups -OCH3 is 1. The summed E-state index contributed by atoms with van der Waals surface area (Å²) >= 11 is 6.57. The molecule has 1 unspecified atom stereocenters. The molecular weight excluding hydrogens is 312 g/mol. The van der Waals surface area contributed by atoms with Gasteiger partial charge in [0.2, 0.25) is 0 Å². The zero-order valence-electron chi connectivity index (χ0n) is 7.88. The molecule has 0 heterocycles. The SMILES string of the molecule is COc1cc(Br)cc(C(=O)C(C)Br)c1. The molecule has 0 amide bonds. The Bertz CT molecular complexity index is 348. The van der Waals surface area contributed by atoms with Crippen molar-refractivity contribution in [3.05, 3.63) is 28.2 Å². The van der Waals surface area contributed by atoms with Gasteiger partial charge in [-0.15, -0.1) is 0 Å². The molecule has 1 atom stereocenters. The van der Waals surface area contributed by atoms with Crippen LogP contribution in [0.5, 0.6) is 5.75 Å². The number of benzene rings is 1. The van der Waals surface area contributed by atoms with E-state index in [1.807, 2.05) is 6.07 Å². The van der Waals surface area contributed by atoms with Crippen molar-refractivity contribution in [2.45, 2.75) is 11.8 Å². The molecule has 4 heteroatoms. The summed E-state index contributed by atoms with van der Waals surface area (Å²) in [5.74, 6) is 0.723. The molecule has 0 aliphatic rings. The number of carbonyl (C=O) groups excluding carboxylic acids is 1. The minimum Gasteiger partial charge on any atom is -0.497 e. The van der Waals surface area contributed by atoms with Gasteiger partial charge in [-0.1, -0.05) is 31.9 Å². The topological polar surface area (TPSA) is 26.3 Å². The van der Waals surface area contributed by atoms with Crippen LogP contribution >= 0.6 is 31.9 Å². The summed E-state index contributed by atoms with van der Waals surface area (Å²) in [5, 5.41) is 0. The Balaban J connectivity index is 3.09. The molecule has 0 saturated heterocycles. The van der Waals surface area contributed by atoms with Crippen molar-refractivity contribution in [3.8, 4) is 5.75 Å². The van der Waals surface area contributed by atoms with E-state index >= 15 is 0 Å². The molecule has 0 bridgehead atoms. The summed E-state index contributed by atoms with van der Waals surface area (Å²) < 4.78 is 5.91. The average Bonchev–Trinajstić information content (AvgIpc) is 2.15. The maximum Gasteiger partial charge on any atom is 0.176 e. The van der Waals surface area contributed by atoms with Crippen LogP contribution in [0.25, 0.3) is 0 Å². The first-order valence-corrected chi connectivity index (χ1v) is 5.78. The third kappa shape index (κ3) is 2.82. The van der Waals surface area contributed by atoms with E-state index in [1.165, 1.54) is 0 Å². The Kier molecular flexibility index (Phi) is 4.13. The molecule has 1 aromatic carbocycles. The first-order valence-electron chi connectivity index (χ1n) is 4.07. The molecular formula is C10H10Br2O2. The Morgan fingerprint density at radius 3 is 2.57 bits per heavy atom. The van der Waals surface area contributed by atoms with E-state index in [0.29, 0.717) is 11.3 Å². The van der Waals surface area contributed by atoms with E-state index < -0.39 is 0 Å². The Labute approximate surface area is 99.9 Å². The highest BCUT2D eigenvalue weighted by atomic mass is 79.9. The van der Waals surface area contributed by atoms with Crippen molar-refractivity contribution in [1.82, 2.24) is 0 Å². The highest BCUT2D eigenvalue weighted by Crippen LogP contribution is 2.23. The monoisotopic (exact) mass is 320 g/mol. The number of hydrogen-bond acceptors (Lipinski definition) is 2. The van der Waals surface area contributed by atoms with Crippen LogP contribution in [-0.4, -0.2) is 17.7 Å². The molecule has 0 spiro atoms. The smallest absolute Gasteiger partial charge is 0.176 e. The zero-order chi connectivity index (χ0) is 10.7. The predicted molar refractivity (Wildman–Crippen MR) is 63.4 cm³/mol. The molecule has 0 radical (unpaired) electrons. The Hall–Kier alpha value is -0.350. The van der Waals surface area contributed by atoms with Crippen LogP contribution in [0.15, 0.2) is 22.7 Å². The summed E-state index contributed by atoms with van der Waals surface area (Å²) in [6.07, 6.45) is 0. The fraction of sp³-hybridized carbons (Fsp3) is 0.300. The van der Waals surface area contributed by atoms with Gasteiger partial charge in [0.05, 0.1) is 11.9 Å². The average molecular weight is 322 g/mol. The maximum absolute atomic E-state index is 11.6. The summed E-state index contributed by atoms with van der Waals surface area (Å²) in [4.78, 5) is 11.5. The van der Waals surface area contributed by atoms with Gasteiger partial charge in [-0.25, -0.2) is 0 Å². The maximum atomic E-state index is 11.6. The lowest BCUT2D eigenvalue weighted by Gasteiger charge is -2.06. The molecule has 2 nitrogen and oxygen atoms in total. The van der Waals surface area contributed by atoms with Crippen molar-refractivity contribution >= 4 is 37.6 Å². The number of ketones is 1. The summed E-state index contributed by atoms with van der Waals surface area (Å²) in [6.45, 7) is 1.80. The van der Waals surface area contributed by atoms with Gasteiger partial charge in [0.25, 0.3) is 0 Å². The molecule has 14 heavy (non-hydrogen) atoms. The third-order valence-electron chi connectivity index (χ3n) is 1.75. The quantitative estimate of drug-likeness (QED) is 0.630. The van der Waals surface area contributed by atoms with Gasteiger partial charge in [-0.2, -0.15) is 0 Å². The van der Waals surface area contributed by atoms with Crippen LogP contribution in [0.1, 0.15) is 17.3 Å². The van der Waals surface area contributed by atoms with Crippen molar-refractivity contribution in [2.75, 3.05) is 7.11 Å². The highest BCUT2D eigenvalue weighted by Gasteiger charge is 2.13. The van der Waals surface area contributed by atoms with Gasteiger partial charge in [0.1, 0.15) is 5.75 Å². The number of ether oxygens (including phenoxy) is 1. The molecule has 0 aliphatic carbocycles.